The Kier molecular flexibility index (Phi) is 4.82. The highest BCUT2D eigenvalue weighted by Gasteiger charge is 2.68. The Hall–Kier alpha value is -1.53. The predicted octanol–water partition coefficient (Wildman–Crippen LogP) is 2.35. The summed E-state index contributed by atoms with van der Waals surface area (Å²) in [5.74, 6) is -0.462. The number of hydrogen-bond donors (Lipinski definition) is 2. The van der Waals surface area contributed by atoms with Crippen molar-refractivity contribution in [3.63, 3.8) is 0 Å². The Morgan fingerprint density at radius 2 is 1.93 bits per heavy atom. The molecule has 4 aliphatic carbocycles. The van der Waals surface area contributed by atoms with Gasteiger partial charge < -0.3 is 14.9 Å². The number of carbonyl (C=O) groups is 3. The third-order valence-electron chi connectivity index (χ3n) is 8.92. The molecule has 0 aromatic rings. The van der Waals surface area contributed by atoms with Crippen LogP contribution in [0, 0.1) is 28.6 Å². The molecule has 0 aromatic carbocycles. The van der Waals surface area contributed by atoms with Crippen molar-refractivity contribution in [1.29, 1.82) is 0 Å². The molecule has 0 amide bonds. The van der Waals surface area contributed by atoms with E-state index in [-0.39, 0.29) is 29.0 Å². The molecule has 3 saturated carbocycles. The Morgan fingerprint density at radius 1 is 1.21 bits per heavy atom. The van der Waals surface area contributed by atoms with Crippen molar-refractivity contribution >= 4 is 17.5 Å². The van der Waals surface area contributed by atoms with Crippen LogP contribution in [-0.2, 0) is 19.1 Å². The minimum atomic E-state index is -1.58. The van der Waals surface area contributed by atoms with Crippen LogP contribution in [-0.4, -0.2) is 46.1 Å². The summed E-state index contributed by atoms with van der Waals surface area (Å²) in [7, 11) is 0. The molecular formula is C23H32O6. The minimum Gasteiger partial charge on any atom is -0.458 e. The van der Waals surface area contributed by atoms with Crippen molar-refractivity contribution in [3.05, 3.63) is 11.6 Å². The summed E-state index contributed by atoms with van der Waals surface area (Å²) >= 11 is 0. The number of fused-ring (bicyclic) bond motifs is 5. The van der Waals surface area contributed by atoms with E-state index in [2.05, 4.69) is 6.92 Å². The van der Waals surface area contributed by atoms with E-state index in [4.69, 9.17) is 4.74 Å². The zero-order chi connectivity index (χ0) is 21.2. The summed E-state index contributed by atoms with van der Waals surface area (Å²) < 4.78 is 4.89. The number of aliphatic hydroxyl groups excluding tert-OH is 1. The van der Waals surface area contributed by atoms with Crippen molar-refractivity contribution in [2.45, 2.75) is 77.4 Å². The summed E-state index contributed by atoms with van der Waals surface area (Å²) in [4.78, 5) is 36.0. The molecule has 4 rings (SSSR count). The minimum absolute atomic E-state index is 0.0413. The summed E-state index contributed by atoms with van der Waals surface area (Å²) in [6.45, 7) is 4.92. The van der Waals surface area contributed by atoms with E-state index in [1.807, 2.05) is 6.92 Å². The fraction of sp³-hybridized carbons (Fsp3) is 0.783. The fourth-order valence-electron chi connectivity index (χ4n) is 7.44. The van der Waals surface area contributed by atoms with Crippen LogP contribution in [0.2, 0.25) is 0 Å². The van der Waals surface area contributed by atoms with Crippen LogP contribution in [0.3, 0.4) is 0 Å². The molecule has 6 heteroatoms. The normalized spacial score (nSPS) is 46.2. The van der Waals surface area contributed by atoms with Crippen molar-refractivity contribution in [1.82, 2.24) is 0 Å². The Bertz CT molecular complexity index is 786. The molecule has 0 heterocycles. The largest absolute Gasteiger partial charge is 0.458 e. The quantitative estimate of drug-likeness (QED) is 0.701. The maximum Gasteiger partial charge on any atom is 0.303 e. The first-order valence-electron chi connectivity index (χ1n) is 10.8. The van der Waals surface area contributed by atoms with E-state index >= 15 is 0 Å². The zero-order valence-electron chi connectivity index (χ0n) is 17.6. The van der Waals surface area contributed by atoms with Gasteiger partial charge in [-0.3, -0.25) is 14.4 Å². The number of esters is 1. The highest BCUT2D eigenvalue weighted by atomic mass is 16.5. The van der Waals surface area contributed by atoms with Gasteiger partial charge in [0.25, 0.3) is 0 Å². The van der Waals surface area contributed by atoms with Gasteiger partial charge in [-0.15, -0.1) is 0 Å². The zero-order valence-corrected chi connectivity index (χ0v) is 17.6. The first-order chi connectivity index (χ1) is 13.5. The molecule has 160 valence electrons. The van der Waals surface area contributed by atoms with Crippen molar-refractivity contribution in [3.8, 4) is 0 Å². The van der Waals surface area contributed by atoms with Crippen molar-refractivity contribution < 1.29 is 29.3 Å². The van der Waals surface area contributed by atoms with Gasteiger partial charge in [0.15, 0.2) is 12.4 Å². The lowest BCUT2D eigenvalue weighted by molar-refractivity contribution is -0.184. The van der Waals surface area contributed by atoms with Crippen LogP contribution in [0.4, 0.5) is 0 Å². The van der Waals surface area contributed by atoms with Crippen LogP contribution >= 0.6 is 0 Å². The van der Waals surface area contributed by atoms with E-state index in [0.717, 1.165) is 31.3 Å². The number of aliphatic hydroxyl groups is 2. The number of hydrogen-bond acceptors (Lipinski definition) is 6. The number of ether oxygens (including phenoxy) is 1. The smallest absolute Gasteiger partial charge is 0.303 e. The fourth-order valence-corrected chi connectivity index (χ4v) is 7.44. The lowest BCUT2D eigenvalue weighted by Crippen LogP contribution is -2.62. The van der Waals surface area contributed by atoms with Crippen LogP contribution in [0.1, 0.15) is 65.7 Å². The topological polar surface area (TPSA) is 101 Å². The molecule has 0 radical (unpaired) electrons. The number of allylic oxidation sites excluding steroid dienone is 1. The number of ketones is 2. The lowest BCUT2D eigenvalue weighted by Gasteiger charge is -2.60. The number of Topliss-reactive ketones (excluding diaryl/α,β-unsaturated/α-hetero) is 1. The van der Waals surface area contributed by atoms with Gasteiger partial charge in [-0.1, -0.05) is 19.4 Å². The van der Waals surface area contributed by atoms with E-state index < -0.39 is 35.5 Å². The van der Waals surface area contributed by atoms with Gasteiger partial charge in [-0.05, 0) is 67.8 Å². The van der Waals surface area contributed by atoms with Gasteiger partial charge in [0.1, 0.15) is 5.60 Å². The SMILES string of the molecule is CC(=O)OCC(=O)[C@@]1(O)CC[C@@H]2[C@@H]3CCC4=CC(=O)CC[C@]4(C)[C@H]3[C@@H](O)C[C@@]21C. The van der Waals surface area contributed by atoms with Gasteiger partial charge in [-0.2, -0.15) is 0 Å². The molecule has 3 fully saturated rings. The predicted molar refractivity (Wildman–Crippen MR) is 105 cm³/mol. The average molecular weight is 405 g/mol. The molecule has 0 bridgehead atoms. The molecule has 7 atom stereocenters. The van der Waals surface area contributed by atoms with Crippen LogP contribution in [0.25, 0.3) is 0 Å². The highest BCUT2D eigenvalue weighted by molar-refractivity contribution is 5.92. The summed E-state index contributed by atoms with van der Waals surface area (Å²) in [6, 6.07) is 0. The Morgan fingerprint density at radius 3 is 2.62 bits per heavy atom. The van der Waals surface area contributed by atoms with Crippen LogP contribution in [0.15, 0.2) is 11.6 Å². The monoisotopic (exact) mass is 404 g/mol. The number of rotatable bonds is 3. The Balaban J connectivity index is 1.65. The van der Waals surface area contributed by atoms with Crippen LogP contribution in [0.5, 0.6) is 0 Å². The Labute approximate surface area is 171 Å². The maximum absolute atomic E-state index is 12.9. The van der Waals surface area contributed by atoms with E-state index in [1.165, 1.54) is 6.92 Å². The van der Waals surface area contributed by atoms with Gasteiger partial charge >= 0.3 is 5.97 Å². The molecule has 2 N–H and O–H groups in total. The first-order valence-corrected chi connectivity index (χ1v) is 10.8. The molecule has 0 unspecified atom stereocenters. The second-order valence-electron chi connectivity index (χ2n) is 10.2. The second-order valence-corrected chi connectivity index (χ2v) is 10.2. The van der Waals surface area contributed by atoms with Crippen LogP contribution < -0.4 is 0 Å². The molecule has 0 spiro atoms. The molecule has 0 saturated heterocycles. The second kappa shape index (κ2) is 6.74. The van der Waals surface area contributed by atoms with Crippen molar-refractivity contribution in [2.24, 2.45) is 28.6 Å². The number of carbonyl (C=O) groups excluding carboxylic acids is 3. The standard InChI is InChI=1S/C23H32O6/c1-13(24)29-12-19(27)23(28)9-7-17-16-5-4-14-10-15(25)6-8-21(14,2)20(16)18(26)11-22(17,23)3/h10,16-18,20,26,28H,4-9,11-12H2,1-3H3/t16-,17+,18-,20+,21-,22-,23-/m0/s1. The van der Waals surface area contributed by atoms with E-state index in [9.17, 15) is 24.6 Å². The lowest BCUT2D eigenvalue weighted by atomic mass is 9.45. The van der Waals surface area contributed by atoms with Crippen molar-refractivity contribution in [2.75, 3.05) is 6.61 Å². The van der Waals surface area contributed by atoms with Gasteiger partial charge in [0.05, 0.1) is 6.10 Å². The first kappa shape index (κ1) is 20.7. The summed E-state index contributed by atoms with van der Waals surface area (Å²) in [5.41, 5.74) is -1.36. The molecule has 6 nitrogen and oxygen atoms in total. The highest BCUT2D eigenvalue weighted by Crippen LogP contribution is 2.67. The molecule has 29 heavy (non-hydrogen) atoms. The summed E-state index contributed by atoms with van der Waals surface area (Å²) in [6.07, 6.45) is 5.54. The third kappa shape index (κ3) is 2.86. The van der Waals surface area contributed by atoms with E-state index in [0.29, 0.717) is 19.3 Å². The van der Waals surface area contributed by atoms with Gasteiger partial charge in [0.2, 0.25) is 5.78 Å². The van der Waals surface area contributed by atoms with E-state index in [1.54, 1.807) is 6.08 Å². The molecular weight excluding hydrogens is 372 g/mol. The maximum atomic E-state index is 12.9. The molecule has 0 aromatic heterocycles. The molecule has 4 aliphatic rings. The molecule has 0 aliphatic heterocycles. The summed E-state index contributed by atoms with van der Waals surface area (Å²) in [5, 5.41) is 22.8. The average Bonchev–Trinajstić information content (AvgIpc) is 2.91. The van der Waals surface area contributed by atoms with Gasteiger partial charge in [0, 0.05) is 18.8 Å². The third-order valence-corrected chi connectivity index (χ3v) is 8.92. The van der Waals surface area contributed by atoms with Gasteiger partial charge in [-0.25, -0.2) is 0 Å².